The SMILES string of the molecule is CCNCC#Cc1ncnn1CC. The normalized spacial score (nSPS) is 9.38. The molecule has 0 aliphatic carbocycles. The summed E-state index contributed by atoms with van der Waals surface area (Å²) in [6.07, 6.45) is 1.53. The zero-order valence-electron chi connectivity index (χ0n) is 8.04. The van der Waals surface area contributed by atoms with Crippen LogP contribution in [0.3, 0.4) is 0 Å². The molecule has 1 heterocycles. The molecule has 0 saturated heterocycles. The standard InChI is InChI=1S/C9H14N4/c1-3-10-7-5-6-9-11-8-12-13(9)4-2/h8,10H,3-4,7H2,1-2H3. The molecule has 13 heavy (non-hydrogen) atoms. The first-order valence-electron chi connectivity index (χ1n) is 4.45. The lowest BCUT2D eigenvalue weighted by Gasteiger charge is -1.93. The third-order valence-electron chi connectivity index (χ3n) is 1.58. The number of hydrogen-bond acceptors (Lipinski definition) is 3. The van der Waals surface area contributed by atoms with E-state index in [2.05, 4.69) is 34.2 Å². The summed E-state index contributed by atoms with van der Waals surface area (Å²) >= 11 is 0. The Morgan fingerprint density at radius 2 is 2.38 bits per heavy atom. The van der Waals surface area contributed by atoms with Crippen LogP contribution in [0.2, 0.25) is 0 Å². The molecule has 0 aliphatic heterocycles. The van der Waals surface area contributed by atoms with Crippen LogP contribution in [0.15, 0.2) is 6.33 Å². The summed E-state index contributed by atoms with van der Waals surface area (Å²) in [5, 5.41) is 7.13. The van der Waals surface area contributed by atoms with Gasteiger partial charge >= 0.3 is 0 Å². The highest BCUT2D eigenvalue weighted by Crippen LogP contribution is 1.89. The van der Waals surface area contributed by atoms with Gasteiger partial charge < -0.3 is 5.32 Å². The third-order valence-corrected chi connectivity index (χ3v) is 1.58. The number of hydrogen-bond donors (Lipinski definition) is 1. The minimum absolute atomic E-state index is 0.701. The van der Waals surface area contributed by atoms with Crippen molar-refractivity contribution >= 4 is 0 Å². The van der Waals surface area contributed by atoms with Gasteiger partial charge in [0, 0.05) is 6.54 Å². The Morgan fingerprint density at radius 1 is 1.54 bits per heavy atom. The Bertz CT molecular complexity index is 305. The molecule has 0 aliphatic rings. The van der Waals surface area contributed by atoms with Gasteiger partial charge in [0.2, 0.25) is 5.82 Å². The maximum Gasteiger partial charge on any atom is 0.203 e. The smallest absolute Gasteiger partial charge is 0.203 e. The maximum absolute atomic E-state index is 4.04. The molecular formula is C9H14N4. The van der Waals surface area contributed by atoms with Crippen LogP contribution in [0.4, 0.5) is 0 Å². The summed E-state index contributed by atoms with van der Waals surface area (Å²) in [6.45, 7) is 6.52. The van der Waals surface area contributed by atoms with Gasteiger partial charge in [-0.15, -0.1) is 0 Å². The fourth-order valence-electron chi connectivity index (χ4n) is 0.903. The van der Waals surface area contributed by atoms with E-state index in [4.69, 9.17) is 0 Å². The van der Waals surface area contributed by atoms with Crippen molar-refractivity contribution in [2.24, 2.45) is 0 Å². The number of aromatic nitrogens is 3. The van der Waals surface area contributed by atoms with E-state index in [1.165, 1.54) is 6.33 Å². The van der Waals surface area contributed by atoms with E-state index < -0.39 is 0 Å². The van der Waals surface area contributed by atoms with Crippen molar-refractivity contribution in [3.8, 4) is 11.8 Å². The average Bonchev–Trinajstić information content (AvgIpc) is 2.60. The number of aryl methyl sites for hydroxylation is 1. The van der Waals surface area contributed by atoms with E-state index >= 15 is 0 Å². The molecule has 0 spiro atoms. The fourth-order valence-corrected chi connectivity index (χ4v) is 0.903. The van der Waals surface area contributed by atoms with Gasteiger partial charge in [0.1, 0.15) is 6.33 Å². The van der Waals surface area contributed by atoms with Crippen LogP contribution >= 0.6 is 0 Å². The zero-order chi connectivity index (χ0) is 9.52. The van der Waals surface area contributed by atoms with Gasteiger partial charge in [0.15, 0.2) is 0 Å². The Hall–Kier alpha value is -1.34. The molecule has 0 radical (unpaired) electrons. The Morgan fingerprint density at radius 3 is 3.08 bits per heavy atom. The van der Waals surface area contributed by atoms with E-state index in [-0.39, 0.29) is 0 Å². The van der Waals surface area contributed by atoms with Crippen LogP contribution in [0.25, 0.3) is 0 Å². The molecule has 0 aromatic carbocycles. The molecule has 4 nitrogen and oxygen atoms in total. The van der Waals surface area contributed by atoms with Crippen molar-refractivity contribution in [3.05, 3.63) is 12.2 Å². The van der Waals surface area contributed by atoms with Crippen LogP contribution in [0, 0.1) is 11.8 Å². The van der Waals surface area contributed by atoms with Gasteiger partial charge in [0.05, 0.1) is 6.54 Å². The fraction of sp³-hybridized carbons (Fsp3) is 0.556. The van der Waals surface area contributed by atoms with Gasteiger partial charge in [-0.25, -0.2) is 9.67 Å². The van der Waals surface area contributed by atoms with Gasteiger partial charge in [0.25, 0.3) is 0 Å². The molecule has 0 unspecified atom stereocenters. The van der Waals surface area contributed by atoms with Crippen LogP contribution in [0.1, 0.15) is 19.7 Å². The molecule has 0 fully saturated rings. The molecule has 70 valence electrons. The zero-order valence-corrected chi connectivity index (χ0v) is 8.04. The largest absolute Gasteiger partial charge is 0.306 e. The second-order valence-electron chi connectivity index (χ2n) is 2.48. The summed E-state index contributed by atoms with van der Waals surface area (Å²) in [7, 11) is 0. The molecule has 0 atom stereocenters. The first-order valence-corrected chi connectivity index (χ1v) is 4.45. The Kier molecular flexibility index (Phi) is 4.00. The topological polar surface area (TPSA) is 42.7 Å². The van der Waals surface area contributed by atoms with Crippen LogP contribution < -0.4 is 5.32 Å². The van der Waals surface area contributed by atoms with E-state index in [1.54, 1.807) is 4.68 Å². The van der Waals surface area contributed by atoms with E-state index in [0.717, 1.165) is 18.9 Å². The monoisotopic (exact) mass is 178 g/mol. The third kappa shape index (κ3) is 2.88. The summed E-state index contributed by atoms with van der Waals surface area (Å²) in [5.41, 5.74) is 0. The number of nitrogens with zero attached hydrogens (tertiary/aromatic N) is 3. The van der Waals surface area contributed by atoms with Crippen LogP contribution in [-0.2, 0) is 6.54 Å². The summed E-state index contributed by atoms with van der Waals surface area (Å²) in [4.78, 5) is 4.04. The van der Waals surface area contributed by atoms with Crippen molar-refractivity contribution in [3.63, 3.8) is 0 Å². The van der Waals surface area contributed by atoms with Crippen LogP contribution in [-0.4, -0.2) is 27.9 Å². The van der Waals surface area contributed by atoms with E-state index in [1.807, 2.05) is 6.92 Å². The lowest BCUT2D eigenvalue weighted by atomic mass is 10.5. The molecule has 1 N–H and O–H groups in total. The van der Waals surface area contributed by atoms with Gasteiger partial charge in [-0.05, 0) is 19.4 Å². The average molecular weight is 178 g/mol. The summed E-state index contributed by atoms with van der Waals surface area (Å²) in [5.74, 6) is 6.67. The highest BCUT2D eigenvalue weighted by molar-refractivity contribution is 5.20. The first kappa shape index (κ1) is 9.75. The van der Waals surface area contributed by atoms with Gasteiger partial charge in [-0.3, -0.25) is 0 Å². The number of nitrogens with one attached hydrogen (secondary N) is 1. The van der Waals surface area contributed by atoms with Gasteiger partial charge in [-0.2, -0.15) is 5.10 Å². The summed E-state index contributed by atoms with van der Waals surface area (Å²) < 4.78 is 1.78. The molecule has 0 saturated carbocycles. The van der Waals surface area contributed by atoms with Crippen molar-refractivity contribution in [1.29, 1.82) is 0 Å². The Balaban J connectivity index is 2.55. The predicted molar refractivity (Wildman–Crippen MR) is 51.1 cm³/mol. The summed E-state index contributed by atoms with van der Waals surface area (Å²) in [6, 6.07) is 0. The van der Waals surface area contributed by atoms with E-state index in [0.29, 0.717) is 6.54 Å². The molecule has 0 bridgehead atoms. The molecular weight excluding hydrogens is 164 g/mol. The van der Waals surface area contributed by atoms with Crippen molar-refractivity contribution in [2.45, 2.75) is 20.4 Å². The molecule has 1 aromatic heterocycles. The lowest BCUT2D eigenvalue weighted by Crippen LogP contribution is -2.12. The molecule has 0 amide bonds. The highest BCUT2D eigenvalue weighted by Gasteiger charge is 1.95. The number of rotatable bonds is 3. The van der Waals surface area contributed by atoms with Crippen molar-refractivity contribution < 1.29 is 0 Å². The second kappa shape index (κ2) is 5.33. The molecule has 1 rings (SSSR count). The minimum atomic E-state index is 0.701. The first-order chi connectivity index (χ1) is 6.38. The van der Waals surface area contributed by atoms with Crippen LogP contribution in [0.5, 0.6) is 0 Å². The van der Waals surface area contributed by atoms with Gasteiger partial charge in [-0.1, -0.05) is 12.8 Å². The van der Waals surface area contributed by atoms with Crippen molar-refractivity contribution in [2.75, 3.05) is 13.1 Å². The van der Waals surface area contributed by atoms with Crippen molar-refractivity contribution in [1.82, 2.24) is 20.1 Å². The molecule has 1 aromatic rings. The predicted octanol–water partition coefficient (Wildman–Crippen LogP) is 0.259. The Labute approximate surface area is 78.4 Å². The second-order valence-corrected chi connectivity index (χ2v) is 2.48. The quantitative estimate of drug-likeness (QED) is 0.533. The minimum Gasteiger partial charge on any atom is -0.306 e. The lowest BCUT2D eigenvalue weighted by molar-refractivity contribution is 0.649. The molecule has 4 heteroatoms. The van der Waals surface area contributed by atoms with E-state index in [9.17, 15) is 0 Å². The maximum atomic E-state index is 4.04. The highest BCUT2D eigenvalue weighted by atomic mass is 15.3.